The van der Waals surface area contributed by atoms with Gasteiger partial charge in [-0.15, -0.1) is 11.3 Å². The third kappa shape index (κ3) is 4.54. The maximum Gasteiger partial charge on any atom is 0.272 e. The Balaban J connectivity index is 1.76. The zero-order chi connectivity index (χ0) is 19.2. The lowest BCUT2D eigenvalue weighted by molar-refractivity contribution is -0.113. The monoisotopic (exact) mass is 400 g/mol. The first-order valence-corrected chi connectivity index (χ1v) is 9.88. The number of nitriles is 1. The summed E-state index contributed by atoms with van der Waals surface area (Å²) in [7, 11) is 1.57. The van der Waals surface area contributed by atoms with Gasteiger partial charge in [-0.25, -0.2) is 4.98 Å². The zero-order valence-electron chi connectivity index (χ0n) is 14.5. The lowest BCUT2D eigenvalue weighted by Gasteiger charge is -2.11. The first-order valence-electron chi connectivity index (χ1n) is 8.02. The number of benzene rings is 1. The zero-order valence-corrected chi connectivity index (χ0v) is 16.1. The van der Waals surface area contributed by atoms with E-state index in [1.54, 1.807) is 37.4 Å². The molecule has 0 spiro atoms. The Morgan fingerprint density at radius 3 is 3.07 bits per heavy atom. The third-order valence-electron chi connectivity index (χ3n) is 3.66. The topological polar surface area (TPSA) is 97.0 Å². The molecular formula is C18H16N4O3S2. The SMILES string of the molecule is COCCn1c(SCC(=O)Nc2cccc(C#N)c2)nc2ccsc2c1=O. The van der Waals surface area contributed by atoms with Crippen LogP contribution in [0.1, 0.15) is 5.56 Å². The molecule has 0 bridgehead atoms. The highest BCUT2D eigenvalue weighted by Crippen LogP contribution is 2.21. The molecule has 0 saturated heterocycles. The second kappa shape index (κ2) is 8.81. The van der Waals surface area contributed by atoms with Gasteiger partial charge in [-0.2, -0.15) is 5.26 Å². The van der Waals surface area contributed by atoms with Crippen LogP contribution in [0.5, 0.6) is 0 Å². The molecule has 0 atom stereocenters. The van der Waals surface area contributed by atoms with Gasteiger partial charge in [0.1, 0.15) is 4.70 Å². The highest BCUT2D eigenvalue weighted by Gasteiger charge is 2.14. The van der Waals surface area contributed by atoms with Gasteiger partial charge in [0.25, 0.3) is 5.56 Å². The van der Waals surface area contributed by atoms with Crippen molar-refractivity contribution >= 4 is 44.9 Å². The minimum absolute atomic E-state index is 0.0891. The summed E-state index contributed by atoms with van der Waals surface area (Å²) in [6, 6.07) is 10.5. The van der Waals surface area contributed by atoms with E-state index in [2.05, 4.69) is 10.3 Å². The van der Waals surface area contributed by atoms with Gasteiger partial charge in [-0.3, -0.25) is 14.2 Å². The van der Waals surface area contributed by atoms with Crippen LogP contribution in [0.15, 0.2) is 45.7 Å². The summed E-state index contributed by atoms with van der Waals surface area (Å²) in [4.78, 5) is 29.4. The number of hydrogen-bond donors (Lipinski definition) is 1. The summed E-state index contributed by atoms with van der Waals surface area (Å²) in [6.07, 6.45) is 0. The highest BCUT2D eigenvalue weighted by atomic mass is 32.2. The van der Waals surface area contributed by atoms with Crippen molar-refractivity contribution in [2.75, 3.05) is 24.8 Å². The number of aromatic nitrogens is 2. The molecule has 0 aliphatic heterocycles. The molecular weight excluding hydrogens is 384 g/mol. The van der Waals surface area contributed by atoms with Crippen molar-refractivity contribution in [1.82, 2.24) is 9.55 Å². The number of nitrogens with one attached hydrogen (secondary N) is 1. The molecule has 0 aliphatic rings. The molecule has 138 valence electrons. The van der Waals surface area contributed by atoms with Crippen LogP contribution in [0.25, 0.3) is 10.2 Å². The first-order chi connectivity index (χ1) is 13.1. The smallest absolute Gasteiger partial charge is 0.272 e. The number of thiophene rings is 1. The number of ether oxygens (including phenoxy) is 1. The fraction of sp³-hybridized carbons (Fsp3) is 0.222. The van der Waals surface area contributed by atoms with Crippen LogP contribution in [0.4, 0.5) is 5.69 Å². The summed E-state index contributed by atoms with van der Waals surface area (Å²) in [5, 5.41) is 14.0. The number of rotatable bonds is 7. The van der Waals surface area contributed by atoms with Crippen molar-refractivity contribution in [1.29, 1.82) is 5.26 Å². The van der Waals surface area contributed by atoms with E-state index in [9.17, 15) is 9.59 Å². The first kappa shape index (κ1) is 19.1. The van der Waals surface area contributed by atoms with E-state index in [0.29, 0.717) is 39.8 Å². The fourth-order valence-corrected chi connectivity index (χ4v) is 4.01. The molecule has 0 radical (unpaired) electrons. The predicted molar refractivity (Wildman–Crippen MR) is 106 cm³/mol. The Labute approximate surface area is 163 Å². The van der Waals surface area contributed by atoms with Gasteiger partial charge in [-0.1, -0.05) is 17.8 Å². The molecule has 9 heteroatoms. The van der Waals surface area contributed by atoms with Gasteiger partial charge in [0.15, 0.2) is 5.16 Å². The fourth-order valence-electron chi connectivity index (χ4n) is 2.41. The Hall–Kier alpha value is -2.67. The van der Waals surface area contributed by atoms with Crippen LogP contribution in [-0.4, -0.2) is 34.9 Å². The van der Waals surface area contributed by atoms with E-state index >= 15 is 0 Å². The van der Waals surface area contributed by atoms with E-state index in [0.717, 1.165) is 0 Å². The summed E-state index contributed by atoms with van der Waals surface area (Å²) in [5.41, 5.74) is 1.52. The van der Waals surface area contributed by atoms with E-state index in [1.165, 1.54) is 27.7 Å². The molecule has 7 nitrogen and oxygen atoms in total. The van der Waals surface area contributed by atoms with Crippen molar-refractivity contribution in [3.05, 3.63) is 51.6 Å². The molecule has 0 fully saturated rings. The van der Waals surface area contributed by atoms with Crippen LogP contribution < -0.4 is 10.9 Å². The van der Waals surface area contributed by atoms with Gasteiger partial charge in [-0.05, 0) is 29.6 Å². The second-order valence-electron chi connectivity index (χ2n) is 5.51. The molecule has 1 aromatic carbocycles. The van der Waals surface area contributed by atoms with Crippen molar-refractivity contribution in [3.8, 4) is 6.07 Å². The van der Waals surface area contributed by atoms with Crippen LogP contribution in [0.2, 0.25) is 0 Å². The minimum atomic E-state index is -0.243. The van der Waals surface area contributed by atoms with Gasteiger partial charge in [0.2, 0.25) is 5.91 Å². The third-order valence-corrected chi connectivity index (χ3v) is 5.53. The lowest BCUT2D eigenvalue weighted by Crippen LogP contribution is -2.25. The largest absolute Gasteiger partial charge is 0.383 e. The highest BCUT2D eigenvalue weighted by molar-refractivity contribution is 7.99. The molecule has 0 saturated carbocycles. The van der Waals surface area contributed by atoms with Crippen molar-refractivity contribution < 1.29 is 9.53 Å². The molecule has 3 aromatic rings. The van der Waals surface area contributed by atoms with Crippen LogP contribution in [0, 0.1) is 11.3 Å². The van der Waals surface area contributed by atoms with Gasteiger partial charge >= 0.3 is 0 Å². The van der Waals surface area contributed by atoms with Crippen LogP contribution in [-0.2, 0) is 16.1 Å². The van der Waals surface area contributed by atoms with E-state index < -0.39 is 0 Å². The Morgan fingerprint density at radius 2 is 2.30 bits per heavy atom. The number of methoxy groups -OCH3 is 1. The van der Waals surface area contributed by atoms with Gasteiger partial charge in [0.05, 0.1) is 36.1 Å². The number of amides is 1. The summed E-state index contributed by atoms with van der Waals surface area (Å²) >= 11 is 2.54. The number of anilines is 1. The van der Waals surface area contributed by atoms with Gasteiger partial charge < -0.3 is 10.1 Å². The summed E-state index contributed by atoms with van der Waals surface area (Å²) in [6.45, 7) is 0.740. The lowest BCUT2D eigenvalue weighted by atomic mass is 10.2. The second-order valence-corrected chi connectivity index (χ2v) is 7.37. The molecule has 3 rings (SSSR count). The molecule has 1 N–H and O–H groups in total. The maximum absolute atomic E-state index is 12.7. The molecule has 0 aliphatic carbocycles. The normalized spacial score (nSPS) is 10.7. The average molecular weight is 400 g/mol. The van der Waals surface area contributed by atoms with Gasteiger partial charge in [0, 0.05) is 12.8 Å². The Kier molecular flexibility index (Phi) is 6.24. The Morgan fingerprint density at radius 1 is 1.44 bits per heavy atom. The summed E-state index contributed by atoms with van der Waals surface area (Å²) in [5.74, 6) is -0.153. The minimum Gasteiger partial charge on any atom is -0.383 e. The number of carbonyl (C=O) groups is 1. The predicted octanol–water partition coefficient (Wildman–Crippen LogP) is 2.71. The van der Waals surface area contributed by atoms with Crippen molar-refractivity contribution in [3.63, 3.8) is 0 Å². The number of hydrogen-bond acceptors (Lipinski definition) is 7. The van der Waals surface area contributed by atoms with Crippen molar-refractivity contribution in [2.45, 2.75) is 11.7 Å². The van der Waals surface area contributed by atoms with E-state index in [1.807, 2.05) is 11.4 Å². The standard InChI is InChI=1S/C18H16N4O3S2/c1-25-7-6-22-17(24)16-14(5-8-26-16)21-18(22)27-11-15(23)20-13-4-2-3-12(9-13)10-19/h2-5,8-9H,6-7,11H2,1H3,(H,20,23). The number of thioether (sulfide) groups is 1. The summed E-state index contributed by atoms with van der Waals surface area (Å²) < 4.78 is 7.21. The van der Waals surface area contributed by atoms with Crippen LogP contribution >= 0.6 is 23.1 Å². The molecule has 27 heavy (non-hydrogen) atoms. The Bertz CT molecular complexity index is 1070. The molecule has 2 heterocycles. The number of carbonyl (C=O) groups excluding carboxylic acids is 1. The average Bonchev–Trinajstić information content (AvgIpc) is 3.15. The van der Waals surface area contributed by atoms with Crippen molar-refractivity contribution in [2.24, 2.45) is 0 Å². The number of fused-ring (bicyclic) bond motifs is 1. The van der Waals surface area contributed by atoms with Crippen LogP contribution in [0.3, 0.4) is 0 Å². The quantitative estimate of drug-likeness (QED) is 0.484. The maximum atomic E-state index is 12.7. The molecule has 0 unspecified atom stereocenters. The molecule has 2 aromatic heterocycles. The number of nitrogens with zero attached hydrogens (tertiary/aromatic N) is 3. The van der Waals surface area contributed by atoms with E-state index in [4.69, 9.17) is 10.00 Å². The molecule has 1 amide bonds. The van der Waals surface area contributed by atoms with E-state index in [-0.39, 0.29) is 17.2 Å².